The Morgan fingerprint density at radius 1 is 1.23 bits per heavy atom. The molecule has 0 aliphatic carbocycles. The molecule has 0 saturated carbocycles. The van der Waals surface area contributed by atoms with Crippen LogP contribution in [0.3, 0.4) is 0 Å². The van der Waals surface area contributed by atoms with E-state index >= 15 is 0 Å². The summed E-state index contributed by atoms with van der Waals surface area (Å²) in [7, 11) is 2.65. The Hall–Kier alpha value is -2.82. The molecule has 1 heterocycles. The highest BCUT2D eigenvalue weighted by molar-refractivity contribution is 5.51. The summed E-state index contributed by atoms with van der Waals surface area (Å²) in [6.45, 7) is 3.52. The number of ether oxygens (including phenoxy) is 1. The average molecular weight is 306 g/mol. The lowest BCUT2D eigenvalue weighted by Crippen LogP contribution is -2.25. The van der Waals surface area contributed by atoms with Crippen LogP contribution in [-0.4, -0.2) is 20.0 Å². The molecule has 1 aromatic carbocycles. The first kappa shape index (κ1) is 15.6. The second kappa shape index (κ2) is 5.52. The summed E-state index contributed by atoms with van der Waals surface area (Å²) >= 11 is 0. The van der Waals surface area contributed by atoms with Crippen molar-refractivity contribution in [2.75, 3.05) is 0 Å². The minimum Gasteiger partial charge on any atom is -0.490 e. The summed E-state index contributed by atoms with van der Waals surface area (Å²) in [4.78, 5) is 23.9. The van der Waals surface area contributed by atoms with Crippen LogP contribution in [0.5, 0.6) is 5.75 Å². The fourth-order valence-corrected chi connectivity index (χ4v) is 2.06. The van der Waals surface area contributed by atoms with Crippen LogP contribution in [0.15, 0.2) is 21.7 Å². The van der Waals surface area contributed by atoms with Gasteiger partial charge >= 0.3 is 11.4 Å². The Morgan fingerprint density at radius 3 is 2.32 bits per heavy atom. The van der Waals surface area contributed by atoms with Crippen molar-refractivity contribution in [2.45, 2.75) is 20.0 Å². The van der Waals surface area contributed by atoms with Crippen molar-refractivity contribution in [2.24, 2.45) is 14.1 Å². The van der Waals surface area contributed by atoms with Gasteiger partial charge in [-0.3, -0.25) is 0 Å². The number of hydrogen-bond acceptors (Lipinski definition) is 4. The number of nitriles is 1. The van der Waals surface area contributed by atoms with Gasteiger partial charge in [-0.25, -0.2) is 23.2 Å². The number of rotatable bonds is 3. The zero-order chi connectivity index (χ0) is 16.6. The Balaban J connectivity index is 2.78. The van der Waals surface area contributed by atoms with E-state index in [4.69, 9.17) is 10.00 Å². The summed E-state index contributed by atoms with van der Waals surface area (Å²) in [5.41, 5.74) is -1.41. The van der Waals surface area contributed by atoms with Crippen LogP contribution in [0.25, 0.3) is 5.69 Å². The lowest BCUT2D eigenvalue weighted by atomic mass is 10.2. The largest absolute Gasteiger partial charge is 0.490 e. The number of aromatic nitrogens is 3. The van der Waals surface area contributed by atoms with Crippen molar-refractivity contribution >= 4 is 0 Å². The van der Waals surface area contributed by atoms with Gasteiger partial charge in [0.2, 0.25) is 0 Å². The zero-order valence-corrected chi connectivity index (χ0v) is 12.6. The van der Waals surface area contributed by atoms with Crippen LogP contribution in [0.4, 0.5) is 4.39 Å². The van der Waals surface area contributed by atoms with Crippen LogP contribution < -0.4 is 16.1 Å². The van der Waals surface area contributed by atoms with E-state index in [-0.39, 0.29) is 23.1 Å². The molecule has 0 unspecified atom stereocenters. The van der Waals surface area contributed by atoms with E-state index in [0.29, 0.717) is 0 Å². The SMILES string of the molecule is CC(C)Oc1cc(-n2c(=O)n(C)c(=O)n2C)c(F)cc1C#N. The zero-order valence-electron chi connectivity index (χ0n) is 12.6. The molecule has 0 atom stereocenters. The van der Waals surface area contributed by atoms with Crippen molar-refractivity contribution in [1.29, 1.82) is 5.26 Å². The quantitative estimate of drug-likeness (QED) is 0.834. The van der Waals surface area contributed by atoms with Gasteiger partial charge in [-0.05, 0) is 19.9 Å². The normalized spacial score (nSPS) is 10.8. The number of benzene rings is 1. The van der Waals surface area contributed by atoms with Gasteiger partial charge in [0.05, 0.1) is 11.7 Å². The predicted octanol–water partition coefficient (Wildman–Crippen LogP) is 0.673. The minimum absolute atomic E-state index is 0.0175. The highest BCUT2D eigenvalue weighted by Crippen LogP contribution is 2.25. The molecular formula is C14H15FN4O3. The first-order chi connectivity index (χ1) is 10.3. The molecule has 1 aromatic heterocycles. The van der Waals surface area contributed by atoms with Crippen LogP contribution >= 0.6 is 0 Å². The van der Waals surface area contributed by atoms with E-state index in [1.165, 1.54) is 20.2 Å². The predicted molar refractivity (Wildman–Crippen MR) is 76.7 cm³/mol. The van der Waals surface area contributed by atoms with Crippen molar-refractivity contribution in [3.05, 3.63) is 44.5 Å². The average Bonchev–Trinajstić information content (AvgIpc) is 2.64. The molecule has 2 rings (SSSR count). The van der Waals surface area contributed by atoms with E-state index in [2.05, 4.69) is 0 Å². The van der Waals surface area contributed by atoms with E-state index in [1.807, 2.05) is 6.07 Å². The van der Waals surface area contributed by atoms with Gasteiger partial charge in [-0.1, -0.05) is 0 Å². The van der Waals surface area contributed by atoms with Crippen LogP contribution in [-0.2, 0) is 14.1 Å². The first-order valence-corrected chi connectivity index (χ1v) is 6.53. The highest BCUT2D eigenvalue weighted by atomic mass is 19.1. The molecule has 0 saturated heterocycles. The highest BCUT2D eigenvalue weighted by Gasteiger charge is 2.19. The molecule has 0 radical (unpaired) electrons. The molecule has 0 fully saturated rings. The first-order valence-electron chi connectivity index (χ1n) is 6.53. The third-order valence-electron chi connectivity index (χ3n) is 3.09. The van der Waals surface area contributed by atoms with E-state index in [0.717, 1.165) is 20.0 Å². The Kier molecular flexibility index (Phi) is 3.91. The van der Waals surface area contributed by atoms with Crippen molar-refractivity contribution < 1.29 is 9.13 Å². The fraction of sp³-hybridized carbons (Fsp3) is 0.357. The molecule has 7 nitrogen and oxygen atoms in total. The smallest absolute Gasteiger partial charge is 0.351 e. The molecule has 0 N–H and O–H groups in total. The van der Waals surface area contributed by atoms with Crippen LogP contribution in [0, 0.1) is 17.1 Å². The van der Waals surface area contributed by atoms with Gasteiger partial charge in [0, 0.05) is 20.2 Å². The maximum Gasteiger partial charge on any atom is 0.351 e. The molecule has 0 amide bonds. The van der Waals surface area contributed by atoms with Gasteiger partial charge in [0.1, 0.15) is 17.5 Å². The van der Waals surface area contributed by atoms with Gasteiger partial charge in [-0.2, -0.15) is 9.94 Å². The minimum atomic E-state index is -0.795. The van der Waals surface area contributed by atoms with Gasteiger partial charge < -0.3 is 4.74 Å². The van der Waals surface area contributed by atoms with Crippen LogP contribution in [0.1, 0.15) is 19.4 Å². The van der Waals surface area contributed by atoms with Gasteiger partial charge in [-0.15, -0.1) is 0 Å². The summed E-state index contributed by atoms with van der Waals surface area (Å²) in [5.74, 6) is -0.645. The maximum atomic E-state index is 14.3. The fourth-order valence-electron chi connectivity index (χ4n) is 2.06. The molecule has 0 spiro atoms. The van der Waals surface area contributed by atoms with E-state index in [1.54, 1.807) is 13.8 Å². The van der Waals surface area contributed by atoms with Crippen molar-refractivity contribution in [3.8, 4) is 17.5 Å². The molecule has 0 aliphatic rings. The second-order valence-electron chi connectivity index (χ2n) is 5.04. The molecule has 8 heteroatoms. The second-order valence-corrected chi connectivity index (χ2v) is 5.04. The van der Waals surface area contributed by atoms with Crippen LogP contribution in [0.2, 0.25) is 0 Å². The standard InChI is InChI=1S/C14H15FN4O3/c1-8(2)22-12-6-11(10(15)5-9(12)7-16)19-14(21)17(3)13(20)18(19)4/h5-6,8H,1-4H3. The molecule has 0 bridgehead atoms. The topological polar surface area (TPSA) is 81.9 Å². The third kappa shape index (κ3) is 2.41. The molecular weight excluding hydrogens is 291 g/mol. The van der Waals surface area contributed by atoms with E-state index in [9.17, 15) is 14.0 Å². The summed E-state index contributed by atoms with van der Waals surface area (Å²) in [6.07, 6.45) is -0.235. The number of halogens is 1. The van der Waals surface area contributed by atoms with Crippen molar-refractivity contribution in [1.82, 2.24) is 13.9 Å². The molecule has 116 valence electrons. The van der Waals surface area contributed by atoms with Gasteiger partial charge in [0.15, 0.2) is 5.82 Å². The Morgan fingerprint density at radius 2 is 1.86 bits per heavy atom. The lowest BCUT2D eigenvalue weighted by Gasteiger charge is -2.14. The Bertz CT molecular complexity index is 883. The van der Waals surface area contributed by atoms with Gasteiger partial charge in [0.25, 0.3) is 0 Å². The number of nitrogens with zero attached hydrogens (tertiary/aromatic N) is 4. The summed E-state index contributed by atoms with van der Waals surface area (Å²) < 4.78 is 22.5. The summed E-state index contributed by atoms with van der Waals surface area (Å²) in [5, 5.41) is 9.05. The molecule has 22 heavy (non-hydrogen) atoms. The third-order valence-corrected chi connectivity index (χ3v) is 3.09. The maximum absolute atomic E-state index is 14.3. The lowest BCUT2D eigenvalue weighted by molar-refractivity contribution is 0.241. The number of hydrogen-bond donors (Lipinski definition) is 0. The molecule has 0 aliphatic heterocycles. The summed E-state index contributed by atoms with van der Waals surface area (Å²) in [6, 6.07) is 4.07. The van der Waals surface area contributed by atoms with E-state index < -0.39 is 17.2 Å². The Labute approximate surface area is 125 Å². The van der Waals surface area contributed by atoms with Crippen molar-refractivity contribution in [3.63, 3.8) is 0 Å². The monoisotopic (exact) mass is 306 g/mol. The molecule has 2 aromatic rings.